The second-order valence-electron chi connectivity index (χ2n) is 7.60. The molecule has 1 aliphatic heterocycles. The normalized spacial score (nSPS) is 14.3. The minimum Gasteiger partial charge on any atom is -0.435 e. The molecule has 0 bridgehead atoms. The van der Waals surface area contributed by atoms with Gasteiger partial charge in [0.05, 0.1) is 16.1 Å². The molecule has 11 heteroatoms. The third-order valence-electron chi connectivity index (χ3n) is 5.34. The molecule has 0 amide bonds. The molecule has 0 aliphatic carbocycles. The molecule has 0 saturated heterocycles. The number of anilines is 1. The summed E-state index contributed by atoms with van der Waals surface area (Å²) in [6.45, 7) is -3.14. The zero-order valence-electron chi connectivity index (χ0n) is 17.3. The Hall–Kier alpha value is -3.21. The van der Waals surface area contributed by atoms with Gasteiger partial charge in [-0.3, -0.25) is 4.31 Å². The van der Waals surface area contributed by atoms with Crippen LogP contribution in [0.25, 0.3) is 11.1 Å². The minimum atomic E-state index is -4.71. The van der Waals surface area contributed by atoms with Gasteiger partial charge in [0.1, 0.15) is 11.6 Å². The molecule has 1 aliphatic rings. The van der Waals surface area contributed by atoms with Crippen LogP contribution in [-0.4, -0.2) is 21.6 Å². The number of hydrogen-bond donors (Lipinski definition) is 0. The van der Waals surface area contributed by atoms with Crippen molar-refractivity contribution in [2.75, 3.05) is 10.8 Å². The first-order chi connectivity index (χ1) is 15.9. The van der Waals surface area contributed by atoms with Crippen LogP contribution < -0.4 is 9.04 Å². The summed E-state index contributed by atoms with van der Waals surface area (Å²) in [5.74, 6) is -1.24. The predicted molar refractivity (Wildman–Crippen MR) is 113 cm³/mol. The Bertz CT molecular complexity index is 1320. The highest BCUT2D eigenvalue weighted by Crippen LogP contribution is 2.38. The molecule has 0 fully saturated rings. The van der Waals surface area contributed by atoms with E-state index in [-0.39, 0.29) is 17.8 Å². The molecule has 0 unspecified atom stereocenters. The number of aryl methyl sites for hydroxylation is 1. The van der Waals surface area contributed by atoms with Crippen LogP contribution in [0.1, 0.15) is 17.5 Å². The van der Waals surface area contributed by atoms with Crippen molar-refractivity contribution in [3.63, 3.8) is 0 Å². The molecular weight excluding hydrogens is 484 g/mol. The standard InChI is InChI=1S/C23H17F6NO3S/c24-18-9-16(10-19(13-18)33-22(25)26)15-7-6-14-3-2-8-30(21(14)11-15)34(31,32)20-5-1-4-17(12-20)23(27,28)29/h1,4-7,9-13,22H,2-3,8H2. The van der Waals surface area contributed by atoms with Crippen molar-refractivity contribution < 1.29 is 39.5 Å². The molecule has 3 aromatic rings. The van der Waals surface area contributed by atoms with E-state index in [4.69, 9.17) is 0 Å². The van der Waals surface area contributed by atoms with Crippen LogP contribution in [0.5, 0.6) is 5.75 Å². The van der Waals surface area contributed by atoms with Crippen molar-refractivity contribution in [2.45, 2.75) is 30.5 Å². The second kappa shape index (κ2) is 8.86. The van der Waals surface area contributed by atoms with Gasteiger partial charge in [0.15, 0.2) is 0 Å². The van der Waals surface area contributed by atoms with Gasteiger partial charge in [0, 0.05) is 12.6 Å². The van der Waals surface area contributed by atoms with Crippen LogP contribution in [0.15, 0.2) is 65.6 Å². The highest BCUT2D eigenvalue weighted by Gasteiger charge is 2.34. The molecule has 1 heterocycles. The third-order valence-corrected chi connectivity index (χ3v) is 7.15. The summed E-state index contributed by atoms with van der Waals surface area (Å²) in [5.41, 5.74) is 0.252. The number of ether oxygens (including phenoxy) is 1. The first-order valence-electron chi connectivity index (χ1n) is 10.0. The number of hydrogen-bond acceptors (Lipinski definition) is 3. The highest BCUT2D eigenvalue weighted by atomic mass is 32.2. The van der Waals surface area contributed by atoms with Crippen molar-refractivity contribution in [2.24, 2.45) is 0 Å². The van der Waals surface area contributed by atoms with Crippen molar-refractivity contribution >= 4 is 15.7 Å². The molecule has 4 rings (SSSR count). The topological polar surface area (TPSA) is 46.6 Å². The highest BCUT2D eigenvalue weighted by molar-refractivity contribution is 7.92. The Morgan fingerprint density at radius 3 is 2.41 bits per heavy atom. The monoisotopic (exact) mass is 501 g/mol. The van der Waals surface area contributed by atoms with Crippen molar-refractivity contribution in [3.05, 3.63) is 77.6 Å². The van der Waals surface area contributed by atoms with E-state index >= 15 is 0 Å². The molecule has 0 atom stereocenters. The van der Waals surface area contributed by atoms with E-state index in [0.29, 0.717) is 30.0 Å². The van der Waals surface area contributed by atoms with E-state index in [9.17, 15) is 34.8 Å². The molecule has 34 heavy (non-hydrogen) atoms. The van der Waals surface area contributed by atoms with Crippen LogP contribution in [0.4, 0.5) is 32.0 Å². The maximum absolute atomic E-state index is 14.0. The largest absolute Gasteiger partial charge is 0.435 e. The maximum Gasteiger partial charge on any atom is 0.416 e. The van der Waals surface area contributed by atoms with E-state index < -0.39 is 44.8 Å². The Morgan fingerprint density at radius 1 is 0.941 bits per heavy atom. The predicted octanol–water partition coefficient (Wildman–Crippen LogP) is 6.25. The molecule has 0 N–H and O–H groups in total. The molecule has 0 spiro atoms. The fraction of sp³-hybridized carbons (Fsp3) is 0.217. The summed E-state index contributed by atoms with van der Waals surface area (Å²) < 4.78 is 110. The zero-order valence-corrected chi connectivity index (χ0v) is 18.1. The van der Waals surface area contributed by atoms with E-state index in [2.05, 4.69) is 4.74 Å². The lowest BCUT2D eigenvalue weighted by atomic mass is 9.97. The van der Waals surface area contributed by atoms with Gasteiger partial charge >= 0.3 is 12.8 Å². The van der Waals surface area contributed by atoms with Crippen LogP contribution in [0, 0.1) is 5.82 Å². The summed E-state index contributed by atoms with van der Waals surface area (Å²) in [7, 11) is -4.35. The number of rotatable bonds is 5. The Kier molecular flexibility index (Phi) is 6.24. The Balaban J connectivity index is 1.77. The first kappa shape index (κ1) is 23.9. The zero-order chi connectivity index (χ0) is 24.7. The lowest BCUT2D eigenvalue weighted by Gasteiger charge is -2.31. The number of fused-ring (bicyclic) bond motifs is 1. The molecule has 3 aromatic carbocycles. The lowest BCUT2D eigenvalue weighted by Crippen LogP contribution is -2.35. The van der Waals surface area contributed by atoms with Gasteiger partial charge in [0.25, 0.3) is 10.0 Å². The molecule has 0 radical (unpaired) electrons. The van der Waals surface area contributed by atoms with E-state index in [1.807, 2.05) is 0 Å². The molecular formula is C23H17F6NO3S. The number of benzene rings is 3. The van der Waals surface area contributed by atoms with E-state index in [1.165, 1.54) is 12.1 Å². The van der Waals surface area contributed by atoms with Gasteiger partial charge in [-0.05, 0) is 65.9 Å². The van der Waals surface area contributed by atoms with E-state index in [1.54, 1.807) is 12.1 Å². The van der Waals surface area contributed by atoms with Gasteiger partial charge in [-0.15, -0.1) is 0 Å². The van der Waals surface area contributed by atoms with Crippen molar-refractivity contribution in [1.29, 1.82) is 0 Å². The molecule has 0 saturated carbocycles. The average molecular weight is 501 g/mol. The SMILES string of the molecule is O=S(=O)(c1cccc(C(F)(F)F)c1)N1CCCc2ccc(-c3cc(F)cc(OC(F)F)c3)cc21. The number of alkyl halides is 5. The fourth-order valence-electron chi connectivity index (χ4n) is 3.83. The Morgan fingerprint density at radius 2 is 1.71 bits per heavy atom. The summed E-state index contributed by atoms with van der Waals surface area (Å²) in [4.78, 5) is -0.515. The summed E-state index contributed by atoms with van der Waals surface area (Å²) in [6.07, 6.45) is -3.75. The quantitative estimate of drug-likeness (QED) is 0.388. The van der Waals surface area contributed by atoms with Crippen LogP contribution in [-0.2, 0) is 22.6 Å². The third kappa shape index (κ3) is 4.84. The lowest BCUT2D eigenvalue weighted by molar-refractivity contribution is -0.137. The number of nitrogens with zero attached hydrogens (tertiary/aromatic N) is 1. The van der Waals surface area contributed by atoms with E-state index in [0.717, 1.165) is 34.6 Å². The second-order valence-corrected chi connectivity index (χ2v) is 9.47. The van der Waals surface area contributed by atoms with Crippen LogP contribution in [0.2, 0.25) is 0 Å². The number of sulfonamides is 1. The average Bonchev–Trinajstić information content (AvgIpc) is 2.77. The summed E-state index contributed by atoms with van der Waals surface area (Å²) in [5, 5.41) is 0. The van der Waals surface area contributed by atoms with Gasteiger partial charge in [-0.2, -0.15) is 22.0 Å². The molecule has 180 valence electrons. The van der Waals surface area contributed by atoms with Crippen molar-refractivity contribution in [3.8, 4) is 16.9 Å². The van der Waals surface area contributed by atoms with Crippen LogP contribution in [0.3, 0.4) is 0 Å². The van der Waals surface area contributed by atoms with Gasteiger partial charge in [0.2, 0.25) is 0 Å². The summed E-state index contributed by atoms with van der Waals surface area (Å²) >= 11 is 0. The van der Waals surface area contributed by atoms with Gasteiger partial charge in [-0.1, -0.05) is 18.2 Å². The van der Waals surface area contributed by atoms with Gasteiger partial charge in [-0.25, -0.2) is 12.8 Å². The minimum absolute atomic E-state index is 0.0257. The molecule has 0 aromatic heterocycles. The summed E-state index contributed by atoms with van der Waals surface area (Å²) in [6, 6.07) is 11.2. The fourth-order valence-corrected chi connectivity index (χ4v) is 5.41. The number of halogens is 6. The maximum atomic E-state index is 14.0. The van der Waals surface area contributed by atoms with Crippen LogP contribution >= 0.6 is 0 Å². The first-order valence-corrected chi connectivity index (χ1v) is 11.5. The molecule has 4 nitrogen and oxygen atoms in total. The Labute approximate surface area is 191 Å². The van der Waals surface area contributed by atoms with Crippen molar-refractivity contribution in [1.82, 2.24) is 0 Å². The van der Waals surface area contributed by atoms with Gasteiger partial charge < -0.3 is 4.74 Å². The smallest absolute Gasteiger partial charge is 0.416 e.